The predicted octanol–water partition coefficient (Wildman–Crippen LogP) is 18.2. The SMILES string of the molecule is c1ccc2c(c1)CC(NC1=NCCC1)C2.c1ccc2c(c1)CCC(NC1=NCCC1)C2.c1ccc2c(c1)CCC(NC1=NCCC1)CC2.c1ccc2c(c1)CCC2NC1=NCCC1.c1ccc2c(c1)CCCC(NC1=NCCC1)C2.c1ccc2c(c1)CCCC2NC1=NCCC1.c1ccc2c(c1)CCCCC2NC1=NCCC1. The largest absolute Gasteiger partial charge is 0.371 e. The number of nitrogens with one attached hydrogen (secondary N) is 7. The van der Waals surface area contributed by atoms with Crippen molar-refractivity contribution >= 4 is 40.8 Å². The third-order valence-corrected chi connectivity index (χ3v) is 25.4. The molecule has 0 saturated carbocycles. The van der Waals surface area contributed by atoms with E-state index >= 15 is 0 Å². The summed E-state index contributed by atoms with van der Waals surface area (Å²) in [6.07, 6.45) is 43.7. The van der Waals surface area contributed by atoms with Gasteiger partial charge in [0, 0.05) is 115 Å². The van der Waals surface area contributed by atoms with Crippen LogP contribution in [0.25, 0.3) is 0 Å². The third kappa shape index (κ3) is 23.3. The summed E-state index contributed by atoms with van der Waals surface area (Å²) in [4.78, 5) is 31.5. The van der Waals surface area contributed by atoms with E-state index in [2.05, 4.69) is 242 Å². The van der Waals surface area contributed by atoms with Crippen molar-refractivity contribution in [2.24, 2.45) is 34.9 Å². The second-order valence-electron chi connectivity index (χ2n) is 33.7. The Balaban J connectivity index is 0.000000104. The fourth-order valence-electron chi connectivity index (χ4n) is 19.3. The van der Waals surface area contributed by atoms with Crippen molar-refractivity contribution in [1.29, 1.82) is 0 Å². The topological polar surface area (TPSA) is 171 Å². The summed E-state index contributed by atoms with van der Waals surface area (Å²) in [6.45, 7) is 7.11. The Bertz CT molecular complexity index is 4390. The van der Waals surface area contributed by atoms with Crippen molar-refractivity contribution in [3.05, 3.63) is 248 Å². The molecule has 5 atom stereocenters. The molecule has 14 aliphatic rings. The molecule has 0 spiro atoms. The summed E-state index contributed by atoms with van der Waals surface area (Å²) in [5, 5.41) is 25.3. The minimum atomic E-state index is 0.491. The van der Waals surface area contributed by atoms with Crippen molar-refractivity contribution in [3.63, 3.8) is 0 Å². The Kier molecular flexibility index (Phi) is 29.2. The molecule has 14 heteroatoms. The molecule has 7 aromatic carbocycles. The summed E-state index contributed by atoms with van der Waals surface area (Å²) in [6, 6.07) is 65.7. The van der Waals surface area contributed by atoms with Crippen molar-refractivity contribution < 1.29 is 0 Å². The zero-order chi connectivity index (χ0) is 76.3. The second-order valence-corrected chi connectivity index (χ2v) is 33.7. The standard InChI is InChI=1S/3C15H20N2.2C14H18N2.2C13H16N2/c1-3-8-13-12(6-1)7-2-4-9-14(13)17-15-10-5-11-16-15;1-2-6-13-11-14(8-3-7-12(13)5-1)17-15-9-4-10-16-15;1-2-5-13-8-10-14(9-7-12(13)4-1)17-15-6-3-11-16-15;1-2-7-12-11(5-1)6-3-8-13(12)16-14-9-4-10-15-14;1-2-5-12-10-13(8-7-11(12)4-1)16-14-6-3-9-15-14;1-2-5-11-10(4-1)7-8-12(11)15-13-6-3-9-14-13;1-2-5-11-9-12(8-10(11)4-1)15-13-6-3-7-14-13/h1,3,6,8,14H,2,4-5,7,9-11H2,(H,16,17);1-2,5-6,14H,3-4,7-11H2,(H,16,17);1-2,4-5,14H,3,6-11H2,(H,16,17);1-2,5,7,13H,3-4,6,8-10H2,(H,15,16);1-2,4-5,13H,3,6-10H2,(H,15,16);2*1-2,4-5,12H,3,6-9H2,(H,14,15). The van der Waals surface area contributed by atoms with Crippen LogP contribution < -0.4 is 37.2 Å². The summed E-state index contributed by atoms with van der Waals surface area (Å²) in [5.74, 6) is 8.64. The first-order valence-corrected chi connectivity index (χ1v) is 44.6. The number of aliphatic imine (C=N–C) groups is 7. The van der Waals surface area contributed by atoms with E-state index in [0.29, 0.717) is 42.3 Å². The Morgan fingerprint density at radius 2 is 0.425 bits per heavy atom. The van der Waals surface area contributed by atoms with E-state index in [-0.39, 0.29) is 0 Å². The Hall–Kier alpha value is -9.17. The van der Waals surface area contributed by atoms with Crippen LogP contribution in [0.5, 0.6) is 0 Å². The maximum atomic E-state index is 4.54. The van der Waals surface area contributed by atoms with E-state index < -0.39 is 0 Å². The highest BCUT2D eigenvalue weighted by molar-refractivity contribution is 5.87. The molecule has 0 aromatic heterocycles. The Labute approximate surface area is 676 Å². The molecule has 0 amide bonds. The van der Waals surface area contributed by atoms with Crippen molar-refractivity contribution in [2.75, 3.05) is 45.8 Å². The van der Waals surface area contributed by atoms with Gasteiger partial charge in [0.15, 0.2) is 0 Å². The Morgan fingerprint density at radius 1 is 0.177 bits per heavy atom. The van der Waals surface area contributed by atoms with Crippen molar-refractivity contribution in [1.82, 2.24) is 37.2 Å². The fourth-order valence-corrected chi connectivity index (χ4v) is 19.3. The first-order chi connectivity index (χ1) is 56.0. The summed E-state index contributed by atoms with van der Waals surface area (Å²) >= 11 is 0. The molecule has 0 saturated heterocycles. The highest BCUT2D eigenvalue weighted by atomic mass is 15.1. The molecule has 7 aromatic rings. The van der Waals surface area contributed by atoms with Crippen molar-refractivity contribution in [2.45, 2.75) is 273 Å². The van der Waals surface area contributed by atoms with Crippen LogP contribution >= 0.6 is 0 Å². The van der Waals surface area contributed by atoms with E-state index in [0.717, 1.165) is 116 Å². The maximum Gasteiger partial charge on any atom is 0.0968 e. The smallest absolute Gasteiger partial charge is 0.0968 e. The van der Waals surface area contributed by atoms with Crippen LogP contribution in [0.15, 0.2) is 205 Å². The van der Waals surface area contributed by atoms with Gasteiger partial charge in [-0.15, -0.1) is 0 Å². The molecular formula is C99H128N14. The lowest BCUT2D eigenvalue weighted by atomic mass is 9.87. The fraction of sp³-hybridized carbons (Fsp3) is 0.505. The van der Waals surface area contributed by atoms with Crippen LogP contribution in [-0.4, -0.2) is 111 Å². The monoisotopic (exact) mass is 1510 g/mol. The molecule has 7 N–H and O–H groups in total. The van der Waals surface area contributed by atoms with Gasteiger partial charge in [-0.1, -0.05) is 176 Å². The van der Waals surface area contributed by atoms with Crippen LogP contribution in [-0.2, 0) is 70.6 Å². The Morgan fingerprint density at radius 3 is 0.823 bits per heavy atom. The molecule has 7 aliphatic carbocycles. The number of hydrogen-bond donors (Lipinski definition) is 7. The van der Waals surface area contributed by atoms with E-state index in [1.54, 1.807) is 16.7 Å². The zero-order valence-corrected chi connectivity index (χ0v) is 67.7. The van der Waals surface area contributed by atoms with Gasteiger partial charge in [-0.3, -0.25) is 34.9 Å². The summed E-state index contributed by atoms with van der Waals surface area (Å²) in [7, 11) is 0. The molecule has 21 rings (SSSR count). The summed E-state index contributed by atoms with van der Waals surface area (Å²) in [5.41, 5.74) is 21.3. The number of nitrogens with zero attached hydrogens (tertiary/aromatic N) is 7. The zero-order valence-electron chi connectivity index (χ0n) is 67.7. The van der Waals surface area contributed by atoms with Crippen LogP contribution in [0.4, 0.5) is 0 Å². The first kappa shape index (κ1) is 79.1. The van der Waals surface area contributed by atoms with Gasteiger partial charge in [-0.05, 0) is 258 Å². The number of rotatable bonds is 7. The lowest BCUT2D eigenvalue weighted by Gasteiger charge is -2.27. The third-order valence-electron chi connectivity index (χ3n) is 25.4. The molecule has 0 fully saturated rings. The molecule has 113 heavy (non-hydrogen) atoms. The molecule has 0 bridgehead atoms. The van der Waals surface area contributed by atoms with Crippen LogP contribution in [0.2, 0.25) is 0 Å². The van der Waals surface area contributed by atoms with Gasteiger partial charge in [-0.2, -0.15) is 0 Å². The minimum absolute atomic E-state index is 0.491. The lowest BCUT2D eigenvalue weighted by molar-refractivity contribution is 0.525. The summed E-state index contributed by atoms with van der Waals surface area (Å²) < 4.78 is 0. The minimum Gasteiger partial charge on any atom is -0.371 e. The second kappa shape index (κ2) is 41.7. The highest BCUT2D eigenvalue weighted by Gasteiger charge is 2.28. The normalized spacial score (nSPS) is 22.8. The van der Waals surface area contributed by atoms with Crippen LogP contribution in [0, 0.1) is 0 Å². The number of amidine groups is 7. The van der Waals surface area contributed by atoms with Gasteiger partial charge in [0.1, 0.15) is 0 Å². The first-order valence-electron chi connectivity index (χ1n) is 44.6. The maximum absolute atomic E-state index is 4.54. The quantitative estimate of drug-likeness (QED) is 0.0779. The van der Waals surface area contributed by atoms with Crippen molar-refractivity contribution in [3.8, 4) is 0 Å². The number of benzene rings is 7. The van der Waals surface area contributed by atoms with E-state index in [1.807, 2.05) is 0 Å². The predicted molar refractivity (Wildman–Crippen MR) is 473 cm³/mol. The van der Waals surface area contributed by atoms with Crippen LogP contribution in [0.3, 0.4) is 0 Å². The average molecular weight is 1510 g/mol. The van der Waals surface area contributed by atoms with Gasteiger partial charge < -0.3 is 37.2 Å². The van der Waals surface area contributed by atoms with Gasteiger partial charge in [0.2, 0.25) is 0 Å². The lowest BCUT2D eigenvalue weighted by Crippen LogP contribution is -2.38. The molecule has 5 unspecified atom stereocenters. The van der Waals surface area contributed by atoms with E-state index in [4.69, 9.17) is 0 Å². The van der Waals surface area contributed by atoms with E-state index in [1.165, 1.54) is 263 Å². The number of aryl methyl sites for hydroxylation is 7. The molecular weight excluding hydrogens is 1390 g/mol. The highest BCUT2D eigenvalue weighted by Crippen LogP contribution is 2.34. The average Bonchev–Trinajstić information content (AvgIpc) is 1.81. The van der Waals surface area contributed by atoms with Gasteiger partial charge in [0.05, 0.1) is 59.0 Å². The van der Waals surface area contributed by atoms with E-state index in [9.17, 15) is 0 Å². The van der Waals surface area contributed by atoms with Gasteiger partial charge in [-0.25, -0.2) is 0 Å². The molecule has 594 valence electrons. The molecule has 0 radical (unpaired) electrons. The molecule has 14 nitrogen and oxygen atoms in total. The number of fused-ring (bicyclic) bond motifs is 7. The van der Waals surface area contributed by atoms with Crippen LogP contribution in [0.1, 0.15) is 257 Å². The van der Waals surface area contributed by atoms with Gasteiger partial charge in [0.25, 0.3) is 0 Å². The molecule has 7 aliphatic heterocycles. The van der Waals surface area contributed by atoms with Gasteiger partial charge >= 0.3 is 0 Å². The number of hydrogen-bond acceptors (Lipinski definition) is 14. The molecule has 7 heterocycles.